The summed E-state index contributed by atoms with van der Waals surface area (Å²) in [5.41, 5.74) is 5.84. The van der Waals surface area contributed by atoms with E-state index in [1.165, 1.54) is 0 Å². The molecular weight excluding hydrogens is 180 g/mol. The largest absolute Gasteiger partial charge is 0.381 e. The van der Waals surface area contributed by atoms with Gasteiger partial charge in [-0.05, 0) is 26.2 Å². The molecule has 1 aliphatic rings. The number of nitrogens with two attached hydrogens (primary N) is 1. The fourth-order valence-electron chi connectivity index (χ4n) is 1.76. The van der Waals surface area contributed by atoms with E-state index in [-0.39, 0.29) is 18.0 Å². The summed E-state index contributed by atoms with van der Waals surface area (Å²) in [7, 11) is 0. The number of hydrogen-bond donors (Lipinski definition) is 2. The minimum absolute atomic E-state index is 0.0563. The van der Waals surface area contributed by atoms with Crippen LogP contribution in [0.5, 0.6) is 0 Å². The first-order valence-corrected chi connectivity index (χ1v) is 5.36. The average Bonchev–Trinajstić information content (AvgIpc) is 2.52. The molecule has 4 nitrogen and oxygen atoms in total. The number of ether oxygens (including phenoxy) is 1. The number of rotatable bonds is 5. The van der Waals surface area contributed by atoms with Gasteiger partial charge in [0.25, 0.3) is 0 Å². The van der Waals surface area contributed by atoms with Crippen LogP contribution in [0.1, 0.15) is 32.6 Å². The molecule has 0 aromatic heterocycles. The molecule has 0 radical (unpaired) electrons. The molecule has 0 aliphatic heterocycles. The van der Waals surface area contributed by atoms with Crippen molar-refractivity contribution in [2.75, 3.05) is 13.2 Å². The number of hydrogen-bond acceptors (Lipinski definition) is 3. The fourth-order valence-corrected chi connectivity index (χ4v) is 1.76. The van der Waals surface area contributed by atoms with Gasteiger partial charge in [-0.1, -0.05) is 0 Å². The average molecular weight is 200 g/mol. The van der Waals surface area contributed by atoms with Gasteiger partial charge < -0.3 is 15.8 Å². The molecule has 0 bridgehead atoms. The van der Waals surface area contributed by atoms with Crippen LogP contribution in [-0.2, 0) is 9.53 Å². The molecule has 1 rings (SSSR count). The molecule has 2 unspecified atom stereocenters. The minimum Gasteiger partial charge on any atom is -0.381 e. The number of amides is 1. The molecule has 82 valence electrons. The highest BCUT2D eigenvalue weighted by atomic mass is 16.5. The third-order valence-corrected chi connectivity index (χ3v) is 2.59. The SMILES string of the molecule is CCOCCC(=O)NC1CCCC1N. The lowest BCUT2D eigenvalue weighted by Crippen LogP contribution is -2.44. The lowest BCUT2D eigenvalue weighted by Gasteiger charge is -2.16. The van der Waals surface area contributed by atoms with Crippen molar-refractivity contribution in [3.63, 3.8) is 0 Å². The highest BCUT2D eigenvalue weighted by molar-refractivity contribution is 5.76. The van der Waals surface area contributed by atoms with Gasteiger partial charge in [-0.25, -0.2) is 0 Å². The van der Waals surface area contributed by atoms with Crippen LogP contribution in [0.25, 0.3) is 0 Å². The van der Waals surface area contributed by atoms with Crippen molar-refractivity contribution >= 4 is 5.91 Å². The zero-order valence-corrected chi connectivity index (χ0v) is 8.79. The maximum absolute atomic E-state index is 11.4. The van der Waals surface area contributed by atoms with Crippen molar-refractivity contribution < 1.29 is 9.53 Å². The highest BCUT2D eigenvalue weighted by Crippen LogP contribution is 2.16. The van der Waals surface area contributed by atoms with Gasteiger partial charge in [-0.3, -0.25) is 4.79 Å². The lowest BCUT2D eigenvalue weighted by atomic mass is 10.2. The van der Waals surface area contributed by atoms with E-state index in [2.05, 4.69) is 5.32 Å². The zero-order chi connectivity index (χ0) is 10.4. The molecule has 1 saturated carbocycles. The first-order chi connectivity index (χ1) is 6.74. The van der Waals surface area contributed by atoms with Crippen molar-refractivity contribution in [2.45, 2.75) is 44.7 Å². The predicted octanol–water partition coefficient (Wildman–Crippen LogP) is 0.409. The minimum atomic E-state index is 0.0563. The molecule has 1 fully saturated rings. The Morgan fingerprint density at radius 1 is 1.57 bits per heavy atom. The first kappa shape index (κ1) is 11.5. The fraction of sp³-hybridized carbons (Fsp3) is 0.900. The summed E-state index contributed by atoms with van der Waals surface area (Å²) < 4.78 is 5.10. The lowest BCUT2D eigenvalue weighted by molar-refractivity contribution is -0.122. The van der Waals surface area contributed by atoms with E-state index in [4.69, 9.17) is 10.5 Å². The summed E-state index contributed by atoms with van der Waals surface area (Å²) in [5.74, 6) is 0.0563. The Bertz CT molecular complexity index is 185. The van der Waals surface area contributed by atoms with Crippen molar-refractivity contribution in [1.82, 2.24) is 5.32 Å². The van der Waals surface area contributed by atoms with Crippen LogP contribution in [0.3, 0.4) is 0 Å². The van der Waals surface area contributed by atoms with E-state index < -0.39 is 0 Å². The number of carbonyl (C=O) groups excluding carboxylic acids is 1. The van der Waals surface area contributed by atoms with Crippen LogP contribution in [0.2, 0.25) is 0 Å². The maximum Gasteiger partial charge on any atom is 0.222 e. The van der Waals surface area contributed by atoms with E-state index >= 15 is 0 Å². The molecule has 2 atom stereocenters. The molecule has 14 heavy (non-hydrogen) atoms. The van der Waals surface area contributed by atoms with Gasteiger partial charge in [0, 0.05) is 25.1 Å². The second-order valence-corrected chi connectivity index (χ2v) is 3.72. The van der Waals surface area contributed by atoms with Crippen molar-refractivity contribution in [3.8, 4) is 0 Å². The van der Waals surface area contributed by atoms with Crippen LogP contribution in [0.15, 0.2) is 0 Å². The molecule has 3 N–H and O–H groups in total. The quantitative estimate of drug-likeness (QED) is 0.632. The van der Waals surface area contributed by atoms with E-state index in [1.807, 2.05) is 6.92 Å². The normalized spacial score (nSPS) is 26.4. The number of carbonyl (C=O) groups is 1. The molecule has 0 heterocycles. The Labute approximate surface area is 85.2 Å². The third kappa shape index (κ3) is 3.64. The van der Waals surface area contributed by atoms with Crippen molar-refractivity contribution in [1.29, 1.82) is 0 Å². The summed E-state index contributed by atoms with van der Waals surface area (Å²) in [6.45, 7) is 3.09. The first-order valence-electron chi connectivity index (χ1n) is 5.36. The Kier molecular flexibility index (Phi) is 4.90. The summed E-state index contributed by atoms with van der Waals surface area (Å²) in [4.78, 5) is 11.4. The summed E-state index contributed by atoms with van der Waals surface area (Å²) in [5, 5.41) is 2.94. The van der Waals surface area contributed by atoms with E-state index in [0.29, 0.717) is 19.6 Å². The molecule has 0 aromatic carbocycles. The van der Waals surface area contributed by atoms with Crippen LogP contribution >= 0.6 is 0 Å². The van der Waals surface area contributed by atoms with Crippen LogP contribution in [0, 0.1) is 0 Å². The predicted molar refractivity (Wildman–Crippen MR) is 54.9 cm³/mol. The van der Waals surface area contributed by atoms with Gasteiger partial charge >= 0.3 is 0 Å². The van der Waals surface area contributed by atoms with Gasteiger partial charge in [-0.15, -0.1) is 0 Å². The van der Waals surface area contributed by atoms with Crippen LogP contribution in [-0.4, -0.2) is 31.2 Å². The van der Waals surface area contributed by atoms with Gasteiger partial charge in [-0.2, -0.15) is 0 Å². The van der Waals surface area contributed by atoms with E-state index in [0.717, 1.165) is 19.3 Å². The van der Waals surface area contributed by atoms with Crippen LogP contribution < -0.4 is 11.1 Å². The summed E-state index contributed by atoms with van der Waals surface area (Å²) in [6, 6.07) is 0.329. The zero-order valence-electron chi connectivity index (χ0n) is 8.79. The number of nitrogens with one attached hydrogen (secondary N) is 1. The standard InChI is InChI=1S/C10H20N2O2/c1-2-14-7-6-10(13)12-9-5-3-4-8(9)11/h8-9H,2-7,11H2,1H3,(H,12,13). The second-order valence-electron chi connectivity index (χ2n) is 3.72. The Morgan fingerprint density at radius 3 is 2.93 bits per heavy atom. The summed E-state index contributed by atoms with van der Waals surface area (Å²) >= 11 is 0. The van der Waals surface area contributed by atoms with E-state index in [9.17, 15) is 4.79 Å². The maximum atomic E-state index is 11.4. The van der Waals surface area contributed by atoms with Crippen molar-refractivity contribution in [2.24, 2.45) is 5.73 Å². The topological polar surface area (TPSA) is 64.3 Å². The smallest absolute Gasteiger partial charge is 0.222 e. The Morgan fingerprint density at radius 2 is 2.36 bits per heavy atom. The van der Waals surface area contributed by atoms with Crippen molar-refractivity contribution in [3.05, 3.63) is 0 Å². The molecule has 1 aliphatic carbocycles. The molecule has 0 saturated heterocycles. The van der Waals surface area contributed by atoms with Gasteiger partial charge in [0.05, 0.1) is 6.61 Å². The molecule has 0 spiro atoms. The molecular formula is C10H20N2O2. The van der Waals surface area contributed by atoms with Gasteiger partial charge in [0.15, 0.2) is 0 Å². The summed E-state index contributed by atoms with van der Waals surface area (Å²) in [6.07, 6.45) is 3.60. The van der Waals surface area contributed by atoms with E-state index in [1.54, 1.807) is 0 Å². The third-order valence-electron chi connectivity index (χ3n) is 2.59. The second kappa shape index (κ2) is 5.98. The molecule has 4 heteroatoms. The van der Waals surface area contributed by atoms with Gasteiger partial charge in [0.1, 0.15) is 0 Å². The highest BCUT2D eigenvalue weighted by Gasteiger charge is 2.24. The van der Waals surface area contributed by atoms with Gasteiger partial charge in [0.2, 0.25) is 5.91 Å². The molecule has 1 amide bonds. The van der Waals surface area contributed by atoms with Crippen LogP contribution in [0.4, 0.5) is 0 Å². The molecule has 0 aromatic rings. The Hall–Kier alpha value is -0.610. The Balaban J connectivity index is 2.13. The monoisotopic (exact) mass is 200 g/mol.